The van der Waals surface area contributed by atoms with Crippen LogP contribution in [0.2, 0.25) is 0 Å². The average Bonchev–Trinajstić information content (AvgIpc) is 2.60. The summed E-state index contributed by atoms with van der Waals surface area (Å²) >= 11 is 3.36. The zero-order chi connectivity index (χ0) is 18.2. The summed E-state index contributed by atoms with van der Waals surface area (Å²) in [5, 5.41) is 11.7. The van der Waals surface area contributed by atoms with Gasteiger partial charge >= 0.3 is 0 Å². The number of benzene rings is 2. The Hall–Kier alpha value is -2.65. The number of nitriles is 1. The second kappa shape index (κ2) is 9.00. The molecule has 0 saturated heterocycles. The van der Waals surface area contributed by atoms with Crippen molar-refractivity contribution in [1.82, 2.24) is 0 Å². The maximum Gasteiger partial charge on any atom is 0.266 e. The van der Waals surface area contributed by atoms with Gasteiger partial charge < -0.3 is 10.1 Å². The quantitative estimate of drug-likeness (QED) is 0.550. The Kier molecular flexibility index (Phi) is 6.72. The number of carbonyl (C=O) groups is 1. The minimum Gasteiger partial charge on any atom is -0.493 e. The summed E-state index contributed by atoms with van der Waals surface area (Å²) in [5.74, 6) is -0.687. The van der Waals surface area contributed by atoms with Gasteiger partial charge in [0.15, 0.2) is 0 Å². The molecule has 2 aromatic carbocycles. The number of halogens is 2. The highest BCUT2D eigenvalue weighted by Gasteiger charge is 2.13. The predicted molar refractivity (Wildman–Crippen MR) is 98.5 cm³/mol. The zero-order valence-electron chi connectivity index (χ0n) is 13.6. The average molecular weight is 403 g/mol. The van der Waals surface area contributed by atoms with Crippen LogP contribution in [0, 0.1) is 17.1 Å². The van der Waals surface area contributed by atoms with Crippen molar-refractivity contribution in [1.29, 1.82) is 5.26 Å². The van der Waals surface area contributed by atoms with Gasteiger partial charge in [-0.2, -0.15) is 5.26 Å². The number of anilines is 1. The molecule has 0 aliphatic rings. The van der Waals surface area contributed by atoms with E-state index in [1.807, 2.05) is 19.1 Å². The lowest BCUT2D eigenvalue weighted by Crippen LogP contribution is -2.14. The second-order valence-corrected chi connectivity index (χ2v) is 6.05. The lowest BCUT2D eigenvalue weighted by Gasteiger charge is -2.10. The molecule has 25 heavy (non-hydrogen) atoms. The lowest BCUT2D eigenvalue weighted by atomic mass is 10.1. The molecule has 0 aliphatic carbocycles. The first-order valence-corrected chi connectivity index (χ1v) is 8.44. The SMILES string of the molecule is CCCOc1ccc(Br)cc1/C=C(\C#N)C(=O)Nc1ccccc1F. The van der Waals surface area contributed by atoms with E-state index in [-0.39, 0.29) is 11.3 Å². The number of para-hydroxylation sites is 1. The molecule has 2 aromatic rings. The van der Waals surface area contributed by atoms with E-state index in [2.05, 4.69) is 21.2 Å². The molecule has 0 bridgehead atoms. The minimum absolute atomic E-state index is 0.0188. The van der Waals surface area contributed by atoms with E-state index in [0.29, 0.717) is 17.9 Å². The van der Waals surface area contributed by atoms with Crippen molar-refractivity contribution in [2.45, 2.75) is 13.3 Å². The maximum absolute atomic E-state index is 13.7. The lowest BCUT2D eigenvalue weighted by molar-refractivity contribution is -0.112. The van der Waals surface area contributed by atoms with E-state index >= 15 is 0 Å². The topological polar surface area (TPSA) is 62.1 Å². The van der Waals surface area contributed by atoms with E-state index in [1.165, 1.54) is 24.3 Å². The normalized spacial score (nSPS) is 10.9. The molecule has 0 saturated carbocycles. The number of rotatable bonds is 6. The van der Waals surface area contributed by atoms with Gasteiger partial charge in [0, 0.05) is 10.0 Å². The summed E-state index contributed by atoms with van der Waals surface area (Å²) < 4.78 is 20.1. The predicted octanol–water partition coefficient (Wildman–Crippen LogP) is 4.92. The first kappa shape index (κ1) is 18.7. The molecule has 1 amide bonds. The van der Waals surface area contributed by atoms with Crippen molar-refractivity contribution in [3.63, 3.8) is 0 Å². The monoisotopic (exact) mass is 402 g/mol. The Morgan fingerprint density at radius 2 is 2.12 bits per heavy atom. The summed E-state index contributed by atoms with van der Waals surface area (Å²) in [7, 11) is 0. The molecular formula is C19H16BrFN2O2. The summed E-state index contributed by atoms with van der Waals surface area (Å²) in [6, 6.07) is 12.9. The summed E-state index contributed by atoms with van der Waals surface area (Å²) in [5.41, 5.74) is 0.455. The van der Waals surface area contributed by atoms with Crippen molar-refractivity contribution in [3.05, 3.63) is 63.9 Å². The van der Waals surface area contributed by atoms with Crippen molar-refractivity contribution in [2.24, 2.45) is 0 Å². The molecule has 0 atom stereocenters. The van der Waals surface area contributed by atoms with Crippen LogP contribution in [0.4, 0.5) is 10.1 Å². The van der Waals surface area contributed by atoms with Crippen LogP contribution < -0.4 is 10.1 Å². The van der Waals surface area contributed by atoms with Crippen LogP contribution in [0.15, 0.2) is 52.5 Å². The van der Waals surface area contributed by atoms with Crippen LogP contribution in [0.25, 0.3) is 6.08 Å². The van der Waals surface area contributed by atoms with E-state index in [4.69, 9.17) is 4.74 Å². The van der Waals surface area contributed by atoms with E-state index in [9.17, 15) is 14.4 Å². The van der Waals surface area contributed by atoms with E-state index in [1.54, 1.807) is 18.2 Å². The molecule has 128 valence electrons. The molecule has 0 fully saturated rings. The number of hydrogen-bond acceptors (Lipinski definition) is 3. The molecule has 0 spiro atoms. The van der Waals surface area contributed by atoms with Gasteiger partial charge in [0.05, 0.1) is 12.3 Å². The van der Waals surface area contributed by atoms with E-state index in [0.717, 1.165) is 10.9 Å². The summed E-state index contributed by atoms with van der Waals surface area (Å²) in [6.45, 7) is 2.50. The van der Waals surface area contributed by atoms with E-state index < -0.39 is 11.7 Å². The Bertz CT molecular complexity index is 844. The number of hydrogen-bond donors (Lipinski definition) is 1. The van der Waals surface area contributed by atoms with Gasteiger partial charge in [-0.1, -0.05) is 35.0 Å². The first-order chi connectivity index (χ1) is 12.0. The molecule has 0 heterocycles. The Balaban J connectivity index is 2.31. The van der Waals surface area contributed by atoms with Crippen LogP contribution in [0.5, 0.6) is 5.75 Å². The van der Waals surface area contributed by atoms with Gasteiger partial charge in [-0.25, -0.2) is 4.39 Å². The molecule has 0 unspecified atom stereocenters. The molecule has 1 N–H and O–H groups in total. The van der Waals surface area contributed by atoms with Gasteiger partial charge in [0.1, 0.15) is 23.2 Å². The number of amides is 1. The second-order valence-electron chi connectivity index (χ2n) is 5.13. The molecule has 6 heteroatoms. The third-order valence-electron chi connectivity index (χ3n) is 3.22. The maximum atomic E-state index is 13.7. The molecule has 0 aliphatic heterocycles. The van der Waals surface area contributed by atoms with Crippen LogP contribution >= 0.6 is 15.9 Å². The third-order valence-corrected chi connectivity index (χ3v) is 3.71. The number of nitrogens with one attached hydrogen (secondary N) is 1. The fraction of sp³-hybridized carbons (Fsp3) is 0.158. The van der Waals surface area contributed by atoms with Crippen LogP contribution in [0.1, 0.15) is 18.9 Å². The van der Waals surface area contributed by atoms with Crippen LogP contribution in [0.3, 0.4) is 0 Å². The Labute approximate surface area is 154 Å². The molecule has 0 radical (unpaired) electrons. The number of carbonyl (C=O) groups excluding carboxylic acids is 1. The summed E-state index contributed by atoms with van der Waals surface area (Å²) in [6.07, 6.45) is 2.25. The fourth-order valence-electron chi connectivity index (χ4n) is 2.03. The zero-order valence-corrected chi connectivity index (χ0v) is 15.1. The molecular weight excluding hydrogens is 387 g/mol. The van der Waals surface area contributed by atoms with Crippen molar-refractivity contribution in [3.8, 4) is 11.8 Å². The van der Waals surface area contributed by atoms with Gasteiger partial charge in [0.2, 0.25) is 0 Å². The van der Waals surface area contributed by atoms with Gasteiger partial charge in [-0.05, 0) is 42.8 Å². The van der Waals surface area contributed by atoms with Crippen LogP contribution in [-0.2, 0) is 4.79 Å². The first-order valence-electron chi connectivity index (χ1n) is 7.65. The molecule has 0 aromatic heterocycles. The number of nitrogens with zero attached hydrogens (tertiary/aromatic N) is 1. The molecule has 4 nitrogen and oxygen atoms in total. The smallest absolute Gasteiger partial charge is 0.266 e. The van der Waals surface area contributed by atoms with Crippen molar-refractivity contribution >= 4 is 33.6 Å². The van der Waals surface area contributed by atoms with Crippen molar-refractivity contribution in [2.75, 3.05) is 11.9 Å². The highest BCUT2D eigenvalue weighted by atomic mass is 79.9. The number of ether oxygens (including phenoxy) is 1. The highest BCUT2D eigenvalue weighted by molar-refractivity contribution is 9.10. The van der Waals surface area contributed by atoms with Gasteiger partial charge in [-0.15, -0.1) is 0 Å². The summed E-state index contributed by atoms with van der Waals surface area (Å²) in [4.78, 5) is 12.3. The molecule has 2 rings (SSSR count). The van der Waals surface area contributed by atoms with Crippen molar-refractivity contribution < 1.29 is 13.9 Å². The highest BCUT2D eigenvalue weighted by Crippen LogP contribution is 2.26. The van der Waals surface area contributed by atoms with Gasteiger partial charge in [0.25, 0.3) is 5.91 Å². The standard InChI is InChI=1S/C19H16BrFN2O2/c1-2-9-25-18-8-7-15(20)11-13(18)10-14(12-22)19(24)23-17-6-4-3-5-16(17)21/h3-8,10-11H,2,9H2,1H3,(H,23,24)/b14-10+. The van der Waals surface area contributed by atoms with Gasteiger partial charge in [-0.3, -0.25) is 4.79 Å². The minimum atomic E-state index is -0.686. The Morgan fingerprint density at radius 3 is 2.80 bits per heavy atom. The third kappa shape index (κ3) is 5.16. The Morgan fingerprint density at radius 1 is 1.36 bits per heavy atom. The fourth-order valence-corrected chi connectivity index (χ4v) is 2.41. The largest absolute Gasteiger partial charge is 0.493 e. The van der Waals surface area contributed by atoms with Crippen LogP contribution in [-0.4, -0.2) is 12.5 Å².